The first-order valence-electron chi connectivity index (χ1n) is 11.5. The average Bonchev–Trinajstić information content (AvgIpc) is 3.30. The third kappa shape index (κ3) is 5.48. The molecule has 0 saturated carbocycles. The van der Waals surface area contributed by atoms with Gasteiger partial charge in [-0.2, -0.15) is 0 Å². The molecule has 0 spiro atoms. The predicted octanol–water partition coefficient (Wildman–Crippen LogP) is 6.05. The van der Waals surface area contributed by atoms with Gasteiger partial charge in [0.1, 0.15) is 17.9 Å². The summed E-state index contributed by atoms with van der Waals surface area (Å²) in [6.45, 7) is 4.90. The molecule has 0 radical (unpaired) electrons. The molecule has 186 valence electrons. The van der Waals surface area contributed by atoms with Crippen molar-refractivity contribution in [1.82, 2.24) is 9.88 Å². The van der Waals surface area contributed by atoms with Crippen LogP contribution < -0.4 is 15.0 Å². The summed E-state index contributed by atoms with van der Waals surface area (Å²) in [4.78, 5) is 39.3. The number of barbiturate groups is 1. The van der Waals surface area contributed by atoms with Gasteiger partial charge in [-0.25, -0.2) is 9.69 Å². The third-order valence-electron chi connectivity index (χ3n) is 6.07. The van der Waals surface area contributed by atoms with Crippen LogP contribution in [0.15, 0.2) is 66.4 Å². The van der Waals surface area contributed by atoms with Crippen molar-refractivity contribution in [1.29, 1.82) is 0 Å². The number of aromatic nitrogens is 1. The van der Waals surface area contributed by atoms with Gasteiger partial charge in [0.05, 0.1) is 17.3 Å². The average molecular weight is 526 g/mol. The zero-order valence-corrected chi connectivity index (χ0v) is 21.3. The molecule has 4 amide bonds. The predicted molar refractivity (Wildman–Crippen MR) is 141 cm³/mol. The number of carbonyl (C=O) groups is 3. The van der Waals surface area contributed by atoms with Crippen molar-refractivity contribution in [2.24, 2.45) is 0 Å². The van der Waals surface area contributed by atoms with Gasteiger partial charge in [0.25, 0.3) is 11.8 Å². The lowest BCUT2D eigenvalue weighted by Crippen LogP contribution is -2.54. The number of nitrogens with one attached hydrogen (secondary N) is 1. The van der Waals surface area contributed by atoms with Gasteiger partial charge in [-0.05, 0) is 60.4 Å². The monoisotopic (exact) mass is 525 g/mol. The molecule has 1 aliphatic heterocycles. The van der Waals surface area contributed by atoms with Crippen LogP contribution in [0, 0.1) is 0 Å². The Kier molecular flexibility index (Phi) is 7.82. The number of halogens is 2. The summed E-state index contributed by atoms with van der Waals surface area (Å²) in [5.41, 5.74) is 1.97. The van der Waals surface area contributed by atoms with E-state index >= 15 is 0 Å². The van der Waals surface area contributed by atoms with Gasteiger partial charge in [-0.15, -0.1) is 0 Å². The van der Waals surface area contributed by atoms with Crippen LogP contribution in [0.25, 0.3) is 6.08 Å². The summed E-state index contributed by atoms with van der Waals surface area (Å²) in [6, 6.07) is 15.0. The first kappa shape index (κ1) is 25.5. The molecular formula is C27H25Cl2N3O4. The second kappa shape index (κ2) is 11.0. The highest BCUT2D eigenvalue weighted by molar-refractivity contribution is 6.39. The number of carbonyl (C=O) groups excluding carboxylic acids is 3. The Morgan fingerprint density at radius 2 is 1.81 bits per heavy atom. The van der Waals surface area contributed by atoms with Crippen molar-refractivity contribution in [3.63, 3.8) is 0 Å². The van der Waals surface area contributed by atoms with Crippen molar-refractivity contribution in [3.05, 3.63) is 87.7 Å². The smallest absolute Gasteiger partial charge is 0.335 e. The van der Waals surface area contributed by atoms with Gasteiger partial charge in [0, 0.05) is 23.0 Å². The second-order valence-electron chi connectivity index (χ2n) is 8.41. The molecule has 1 saturated heterocycles. The summed E-state index contributed by atoms with van der Waals surface area (Å²) in [5.74, 6) is -0.609. The Labute approximate surface area is 219 Å². The molecule has 3 aromatic rings. The summed E-state index contributed by atoms with van der Waals surface area (Å²) in [6.07, 6.45) is 4.24. The Morgan fingerprint density at radius 3 is 2.53 bits per heavy atom. The molecule has 36 heavy (non-hydrogen) atoms. The first-order valence-corrected chi connectivity index (χ1v) is 12.3. The van der Waals surface area contributed by atoms with E-state index in [1.807, 2.05) is 16.7 Å². The van der Waals surface area contributed by atoms with Crippen LogP contribution in [-0.2, 0) is 16.1 Å². The van der Waals surface area contributed by atoms with Crippen molar-refractivity contribution >= 4 is 52.8 Å². The SMILES string of the molecule is CCC(C)c1ccc(N2C(=O)NC(=O)C(=Cc3cccn3CCOc3cc(Cl)ccc3Cl)C2=O)cc1. The normalized spacial score (nSPS) is 15.8. The molecule has 1 fully saturated rings. The fourth-order valence-electron chi connectivity index (χ4n) is 3.83. The number of rotatable bonds is 8. The lowest BCUT2D eigenvalue weighted by Gasteiger charge is -2.26. The summed E-state index contributed by atoms with van der Waals surface area (Å²) < 4.78 is 7.57. The van der Waals surface area contributed by atoms with Crippen LogP contribution >= 0.6 is 23.2 Å². The van der Waals surface area contributed by atoms with Gasteiger partial charge < -0.3 is 9.30 Å². The molecule has 4 rings (SSSR count). The Hall–Kier alpha value is -3.55. The van der Waals surface area contributed by atoms with E-state index in [1.165, 1.54) is 6.08 Å². The van der Waals surface area contributed by atoms with E-state index in [1.54, 1.807) is 48.7 Å². The number of hydrogen-bond acceptors (Lipinski definition) is 4. The van der Waals surface area contributed by atoms with E-state index in [9.17, 15) is 14.4 Å². The van der Waals surface area contributed by atoms with Crippen molar-refractivity contribution in [2.75, 3.05) is 11.5 Å². The maximum absolute atomic E-state index is 13.2. The van der Waals surface area contributed by atoms with E-state index in [2.05, 4.69) is 19.2 Å². The molecule has 9 heteroatoms. The quantitative estimate of drug-likeness (QED) is 0.286. The molecule has 1 unspecified atom stereocenters. The van der Waals surface area contributed by atoms with Crippen LogP contribution in [-0.4, -0.2) is 29.0 Å². The van der Waals surface area contributed by atoms with E-state index in [-0.39, 0.29) is 12.2 Å². The minimum absolute atomic E-state index is 0.139. The standard InChI is InChI=1S/C27H25Cl2N3O4/c1-3-17(2)18-6-9-20(10-7-18)32-26(34)22(25(33)30-27(32)35)16-21-5-4-12-31(21)13-14-36-24-15-19(28)8-11-23(24)29/h4-12,15-17H,3,13-14H2,1-2H3,(H,30,33,35). The van der Waals surface area contributed by atoms with E-state index < -0.39 is 17.8 Å². The van der Waals surface area contributed by atoms with Gasteiger partial charge in [-0.1, -0.05) is 49.2 Å². The van der Waals surface area contributed by atoms with Crippen LogP contribution in [0.1, 0.15) is 37.4 Å². The number of urea groups is 1. The van der Waals surface area contributed by atoms with Crippen molar-refractivity contribution in [3.8, 4) is 5.75 Å². The number of amides is 4. The largest absolute Gasteiger partial charge is 0.490 e. The van der Waals surface area contributed by atoms with Gasteiger partial charge in [0.2, 0.25) is 0 Å². The Balaban J connectivity index is 1.52. The van der Waals surface area contributed by atoms with Gasteiger partial charge in [-0.3, -0.25) is 14.9 Å². The fraction of sp³-hybridized carbons (Fsp3) is 0.222. The van der Waals surface area contributed by atoms with Crippen LogP contribution in [0.3, 0.4) is 0 Å². The summed E-state index contributed by atoms with van der Waals surface area (Å²) in [5, 5.41) is 3.22. The molecule has 1 aromatic heterocycles. The van der Waals surface area contributed by atoms with Crippen LogP contribution in [0.2, 0.25) is 10.0 Å². The number of nitrogens with zero attached hydrogens (tertiary/aromatic N) is 2. The molecule has 1 aliphatic rings. The first-order chi connectivity index (χ1) is 17.3. The molecule has 0 aliphatic carbocycles. The highest BCUT2D eigenvalue weighted by Gasteiger charge is 2.37. The topological polar surface area (TPSA) is 80.6 Å². The molecule has 1 atom stereocenters. The lowest BCUT2D eigenvalue weighted by molar-refractivity contribution is -0.122. The maximum Gasteiger partial charge on any atom is 0.335 e. The highest BCUT2D eigenvalue weighted by Crippen LogP contribution is 2.28. The van der Waals surface area contributed by atoms with E-state index in [0.717, 1.165) is 16.9 Å². The van der Waals surface area contributed by atoms with E-state index in [4.69, 9.17) is 27.9 Å². The number of hydrogen-bond donors (Lipinski definition) is 1. The fourth-order valence-corrected chi connectivity index (χ4v) is 4.17. The molecule has 2 aromatic carbocycles. The lowest BCUT2D eigenvalue weighted by atomic mass is 9.98. The Morgan fingerprint density at radius 1 is 1.06 bits per heavy atom. The zero-order valence-electron chi connectivity index (χ0n) is 19.8. The zero-order chi connectivity index (χ0) is 25.8. The number of anilines is 1. The number of ether oxygens (including phenoxy) is 1. The van der Waals surface area contributed by atoms with Crippen molar-refractivity contribution in [2.45, 2.75) is 32.7 Å². The molecule has 0 bridgehead atoms. The van der Waals surface area contributed by atoms with E-state index in [0.29, 0.717) is 39.6 Å². The third-order valence-corrected chi connectivity index (χ3v) is 6.62. The summed E-state index contributed by atoms with van der Waals surface area (Å²) in [7, 11) is 0. The molecule has 7 nitrogen and oxygen atoms in total. The maximum atomic E-state index is 13.2. The van der Waals surface area contributed by atoms with Crippen LogP contribution in [0.4, 0.5) is 10.5 Å². The highest BCUT2D eigenvalue weighted by atomic mass is 35.5. The second-order valence-corrected chi connectivity index (χ2v) is 9.25. The van der Waals surface area contributed by atoms with Crippen molar-refractivity contribution < 1.29 is 19.1 Å². The molecule has 1 N–H and O–H groups in total. The molecule has 2 heterocycles. The minimum Gasteiger partial charge on any atom is -0.490 e. The van der Waals surface area contributed by atoms with Gasteiger partial charge >= 0.3 is 6.03 Å². The summed E-state index contributed by atoms with van der Waals surface area (Å²) >= 11 is 12.1. The van der Waals surface area contributed by atoms with Gasteiger partial charge in [0.15, 0.2) is 0 Å². The minimum atomic E-state index is -0.777. The Bertz CT molecular complexity index is 1330. The number of benzene rings is 2. The number of imide groups is 2. The molecular weight excluding hydrogens is 501 g/mol. The van der Waals surface area contributed by atoms with Crippen LogP contribution in [0.5, 0.6) is 5.75 Å².